The van der Waals surface area contributed by atoms with Gasteiger partial charge < -0.3 is 5.73 Å². The van der Waals surface area contributed by atoms with Gasteiger partial charge in [-0.3, -0.25) is 4.90 Å². The normalized spacial score (nSPS) is 14.9. The van der Waals surface area contributed by atoms with E-state index in [0.717, 1.165) is 37.4 Å². The summed E-state index contributed by atoms with van der Waals surface area (Å²) in [5.41, 5.74) is 10.6. The van der Waals surface area contributed by atoms with Gasteiger partial charge in [-0.05, 0) is 30.2 Å². The zero-order chi connectivity index (χ0) is 12.5. The van der Waals surface area contributed by atoms with Crippen LogP contribution in [0.2, 0.25) is 0 Å². The average Bonchev–Trinajstić information content (AvgIpc) is 2.92. The Morgan fingerprint density at radius 2 is 2.17 bits per heavy atom. The van der Waals surface area contributed by atoms with Crippen molar-refractivity contribution in [3.05, 3.63) is 45.4 Å². The van der Waals surface area contributed by atoms with Crippen molar-refractivity contribution < 1.29 is 0 Å². The third kappa shape index (κ3) is 2.40. The number of rotatable bonds is 3. The van der Waals surface area contributed by atoms with Crippen molar-refractivity contribution in [2.75, 3.05) is 12.3 Å². The monoisotopic (exact) mass is 259 g/mol. The maximum Gasteiger partial charge on any atom is 0.0940 e. The molecular formula is C14H17N3S. The zero-order valence-electron chi connectivity index (χ0n) is 10.5. The summed E-state index contributed by atoms with van der Waals surface area (Å²) in [4.78, 5) is 6.97. The van der Waals surface area contributed by atoms with E-state index in [2.05, 4.69) is 34.3 Å². The van der Waals surface area contributed by atoms with E-state index in [1.165, 1.54) is 16.1 Å². The lowest BCUT2D eigenvalue weighted by atomic mass is 10.1. The van der Waals surface area contributed by atoms with Gasteiger partial charge in [0.1, 0.15) is 0 Å². The third-order valence-electron chi connectivity index (χ3n) is 3.33. The fraction of sp³-hybridized carbons (Fsp3) is 0.357. The van der Waals surface area contributed by atoms with Crippen LogP contribution in [-0.2, 0) is 19.5 Å². The van der Waals surface area contributed by atoms with E-state index in [1.54, 1.807) is 11.3 Å². The molecule has 0 amide bonds. The van der Waals surface area contributed by atoms with E-state index in [1.807, 2.05) is 6.07 Å². The number of nitrogen functional groups attached to an aromatic ring is 1. The first-order chi connectivity index (χ1) is 8.70. The Hall–Kier alpha value is -1.39. The first-order valence-electron chi connectivity index (χ1n) is 6.21. The van der Waals surface area contributed by atoms with Crippen LogP contribution in [0.5, 0.6) is 0 Å². The molecule has 3 nitrogen and oxygen atoms in total. The van der Waals surface area contributed by atoms with E-state index >= 15 is 0 Å². The average molecular weight is 259 g/mol. The number of nitrogens with two attached hydrogens (primary N) is 1. The van der Waals surface area contributed by atoms with Crippen molar-refractivity contribution in [3.63, 3.8) is 0 Å². The summed E-state index contributed by atoms with van der Waals surface area (Å²) in [7, 11) is 0. The highest BCUT2D eigenvalue weighted by Crippen LogP contribution is 2.24. The van der Waals surface area contributed by atoms with Crippen molar-refractivity contribution in [1.82, 2.24) is 9.88 Å². The van der Waals surface area contributed by atoms with Crippen LogP contribution in [0.4, 0.5) is 5.69 Å². The minimum absolute atomic E-state index is 0.867. The van der Waals surface area contributed by atoms with Gasteiger partial charge in [0.2, 0.25) is 0 Å². The number of hydrogen-bond acceptors (Lipinski definition) is 4. The smallest absolute Gasteiger partial charge is 0.0940 e. The van der Waals surface area contributed by atoms with Gasteiger partial charge in [0.25, 0.3) is 0 Å². The highest BCUT2D eigenvalue weighted by Gasteiger charge is 2.18. The topological polar surface area (TPSA) is 42.1 Å². The summed E-state index contributed by atoms with van der Waals surface area (Å²) in [5.74, 6) is 0. The Balaban J connectivity index is 1.61. The number of fused-ring (bicyclic) bond motifs is 1. The lowest BCUT2D eigenvalue weighted by Crippen LogP contribution is -2.19. The molecule has 0 fully saturated rings. The molecule has 0 radical (unpaired) electrons. The predicted octanol–water partition coefficient (Wildman–Crippen LogP) is 2.59. The molecule has 0 spiro atoms. The number of thiazole rings is 1. The molecule has 1 aromatic heterocycles. The van der Waals surface area contributed by atoms with Crippen LogP contribution >= 0.6 is 11.3 Å². The summed E-state index contributed by atoms with van der Waals surface area (Å²) in [6, 6.07) is 6.24. The molecule has 1 aliphatic rings. The minimum atomic E-state index is 0.867. The Morgan fingerprint density at radius 3 is 2.94 bits per heavy atom. The van der Waals surface area contributed by atoms with Gasteiger partial charge >= 0.3 is 0 Å². The van der Waals surface area contributed by atoms with E-state index in [-0.39, 0.29) is 0 Å². The Bertz CT molecular complexity index is 562. The first kappa shape index (κ1) is 11.7. The molecule has 0 atom stereocenters. The van der Waals surface area contributed by atoms with Gasteiger partial charge in [0.05, 0.1) is 5.01 Å². The lowest BCUT2D eigenvalue weighted by molar-refractivity contribution is 0.288. The molecule has 2 heterocycles. The Morgan fingerprint density at radius 1 is 1.33 bits per heavy atom. The maximum atomic E-state index is 5.82. The molecule has 0 unspecified atom stereocenters. The fourth-order valence-electron chi connectivity index (χ4n) is 2.41. The molecule has 0 saturated carbocycles. The van der Waals surface area contributed by atoms with Crippen LogP contribution < -0.4 is 5.73 Å². The number of hydrogen-bond donors (Lipinski definition) is 1. The van der Waals surface area contributed by atoms with Gasteiger partial charge in [-0.2, -0.15) is 0 Å². The quantitative estimate of drug-likeness (QED) is 0.862. The maximum absolute atomic E-state index is 5.82. The molecule has 3 rings (SSSR count). The Labute approximate surface area is 111 Å². The van der Waals surface area contributed by atoms with E-state index in [0.29, 0.717) is 0 Å². The molecule has 1 aliphatic heterocycles. The SMILES string of the molecule is Cc1csc(CCN2Cc3ccc(N)cc3C2)n1. The van der Waals surface area contributed by atoms with Gasteiger partial charge in [0, 0.05) is 42.8 Å². The van der Waals surface area contributed by atoms with Crippen LogP contribution in [0.25, 0.3) is 0 Å². The standard InChI is InChI=1S/C14H17N3S/c1-10-9-18-14(16-10)4-5-17-7-11-2-3-13(15)6-12(11)8-17/h2-3,6,9H,4-5,7-8,15H2,1H3. The minimum Gasteiger partial charge on any atom is -0.399 e. The van der Waals surface area contributed by atoms with Gasteiger partial charge in [-0.25, -0.2) is 4.98 Å². The number of aromatic nitrogens is 1. The van der Waals surface area contributed by atoms with Crippen molar-refractivity contribution in [2.45, 2.75) is 26.4 Å². The first-order valence-corrected chi connectivity index (χ1v) is 7.09. The summed E-state index contributed by atoms with van der Waals surface area (Å²) in [5, 5.41) is 3.36. The molecular weight excluding hydrogens is 242 g/mol. The summed E-state index contributed by atoms with van der Waals surface area (Å²) in [6.45, 7) is 5.18. The number of anilines is 1. The van der Waals surface area contributed by atoms with Crippen LogP contribution in [0.15, 0.2) is 23.6 Å². The molecule has 0 saturated heterocycles. The lowest BCUT2D eigenvalue weighted by Gasteiger charge is -2.13. The number of nitrogens with zero attached hydrogens (tertiary/aromatic N) is 2. The van der Waals surface area contributed by atoms with E-state index < -0.39 is 0 Å². The molecule has 0 bridgehead atoms. The van der Waals surface area contributed by atoms with Crippen molar-refractivity contribution in [3.8, 4) is 0 Å². The molecule has 4 heteroatoms. The molecule has 94 valence electrons. The summed E-state index contributed by atoms with van der Waals surface area (Å²) >= 11 is 1.76. The van der Waals surface area contributed by atoms with Gasteiger partial charge in [-0.15, -0.1) is 11.3 Å². The van der Waals surface area contributed by atoms with Crippen molar-refractivity contribution in [1.29, 1.82) is 0 Å². The Kier molecular flexibility index (Phi) is 3.06. The second-order valence-corrected chi connectivity index (χ2v) is 5.81. The van der Waals surface area contributed by atoms with Crippen molar-refractivity contribution >= 4 is 17.0 Å². The zero-order valence-corrected chi connectivity index (χ0v) is 11.3. The van der Waals surface area contributed by atoms with Crippen molar-refractivity contribution in [2.24, 2.45) is 0 Å². The van der Waals surface area contributed by atoms with Gasteiger partial charge in [0.15, 0.2) is 0 Å². The largest absolute Gasteiger partial charge is 0.399 e. The second-order valence-electron chi connectivity index (χ2n) is 4.87. The summed E-state index contributed by atoms with van der Waals surface area (Å²) in [6.07, 6.45) is 1.04. The predicted molar refractivity (Wildman–Crippen MR) is 75.5 cm³/mol. The summed E-state index contributed by atoms with van der Waals surface area (Å²) < 4.78 is 0. The molecule has 18 heavy (non-hydrogen) atoms. The van der Waals surface area contributed by atoms with Gasteiger partial charge in [-0.1, -0.05) is 6.07 Å². The van der Waals surface area contributed by atoms with Crippen LogP contribution in [0, 0.1) is 6.92 Å². The van der Waals surface area contributed by atoms with Crippen LogP contribution in [0.1, 0.15) is 21.8 Å². The van der Waals surface area contributed by atoms with Crippen LogP contribution in [-0.4, -0.2) is 16.4 Å². The molecule has 0 aliphatic carbocycles. The highest BCUT2D eigenvalue weighted by molar-refractivity contribution is 7.09. The number of aryl methyl sites for hydroxylation is 1. The van der Waals surface area contributed by atoms with E-state index in [9.17, 15) is 0 Å². The molecule has 1 aromatic carbocycles. The fourth-order valence-corrected chi connectivity index (χ4v) is 3.18. The second kappa shape index (κ2) is 4.71. The highest BCUT2D eigenvalue weighted by atomic mass is 32.1. The molecule has 2 N–H and O–H groups in total. The van der Waals surface area contributed by atoms with Crippen LogP contribution in [0.3, 0.4) is 0 Å². The molecule has 2 aromatic rings. The number of benzene rings is 1. The third-order valence-corrected chi connectivity index (χ3v) is 4.35. The van der Waals surface area contributed by atoms with E-state index in [4.69, 9.17) is 5.73 Å².